The third-order valence-corrected chi connectivity index (χ3v) is 2.74. The zero-order valence-electron chi connectivity index (χ0n) is 9.09. The van der Waals surface area contributed by atoms with Crippen LogP contribution in [-0.2, 0) is 4.84 Å². The van der Waals surface area contributed by atoms with Crippen molar-refractivity contribution >= 4 is 0 Å². The van der Waals surface area contributed by atoms with Gasteiger partial charge in [0.15, 0.2) is 6.61 Å². The molecule has 0 heterocycles. The number of halogens is 3. The van der Waals surface area contributed by atoms with Gasteiger partial charge < -0.3 is 5.11 Å². The molecule has 1 rings (SSSR count). The van der Waals surface area contributed by atoms with Gasteiger partial charge in [-0.3, -0.25) is 4.84 Å². The van der Waals surface area contributed by atoms with E-state index in [0.717, 1.165) is 12.8 Å². The number of aliphatic hydroxyl groups is 1. The number of hydrogen-bond acceptors (Lipinski definition) is 3. The molecule has 2 N–H and O–H groups in total. The average molecular weight is 241 g/mol. The predicted molar refractivity (Wildman–Crippen MR) is 52.6 cm³/mol. The molecule has 96 valence electrons. The first-order chi connectivity index (χ1) is 7.47. The van der Waals surface area contributed by atoms with Crippen molar-refractivity contribution in [3.8, 4) is 0 Å². The van der Waals surface area contributed by atoms with E-state index in [2.05, 4.69) is 10.3 Å². The summed E-state index contributed by atoms with van der Waals surface area (Å²) in [5, 5.41) is 9.52. The van der Waals surface area contributed by atoms with Gasteiger partial charge in [-0.25, -0.2) is 0 Å². The Bertz CT molecular complexity index is 193. The summed E-state index contributed by atoms with van der Waals surface area (Å²) < 4.78 is 35.0. The van der Waals surface area contributed by atoms with E-state index in [0.29, 0.717) is 12.3 Å². The molecule has 0 aromatic rings. The fourth-order valence-corrected chi connectivity index (χ4v) is 2.00. The second-order valence-corrected chi connectivity index (χ2v) is 4.29. The molecular weight excluding hydrogens is 223 g/mol. The molecule has 1 fully saturated rings. The summed E-state index contributed by atoms with van der Waals surface area (Å²) in [6.07, 6.45) is 0.286. The van der Waals surface area contributed by atoms with Crippen LogP contribution in [0.4, 0.5) is 13.2 Å². The fourth-order valence-electron chi connectivity index (χ4n) is 2.00. The van der Waals surface area contributed by atoms with Crippen molar-refractivity contribution in [1.82, 2.24) is 5.48 Å². The zero-order valence-corrected chi connectivity index (χ0v) is 9.09. The maximum atomic E-state index is 11.7. The number of aliphatic hydroxyl groups excluding tert-OH is 1. The molecule has 3 nitrogen and oxygen atoms in total. The van der Waals surface area contributed by atoms with Gasteiger partial charge >= 0.3 is 6.18 Å². The second-order valence-electron chi connectivity index (χ2n) is 4.29. The van der Waals surface area contributed by atoms with Crippen LogP contribution >= 0.6 is 0 Å². The first kappa shape index (κ1) is 13.7. The summed E-state index contributed by atoms with van der Waals surface area (Å²) in [5.74, 6) is 0.513. The molecule has 0 bridgehead atoms. The molecule has 6 heteroatoms. The first-order valence-electron chi connectivity index (χ1n) is 5.57. The molecule has 0 spiro atoms. The van der Waals surface area contributed by atoms with Gasteiger partial charge in [0.1, 0.15) is 0 Å². The van der Waals surface area contributed by atoms with Crippen LogP contribution in [0.25, 0.3) is 0 Å². The standard InChI is InChI=1S/C10H18F3NO2/c11-10(12,13)7-16-14-6-9(15)5-8-3-1-2-4-8/h8-9,14-15H,1-7H2. The van der Waals surface area contributed by atoms with Crippen LogP contribution in [0.1, 0.15) is 32.1 Å². The van der Waals surface area contributed by atoms with Crippen molar-refractivity contribution < 1.29 is 23.1 Å². The van der Waals surface area contributed by atoms with E-state index in [-0.39, 0.29) is 6.54 Å². The minimum atomic E-state index is -4.33. The first-order valence-corrected chi connectivity index (χ1v) is 5.57. The normalized spacial score (nSPS) is 20.2. The van der Waals surface area contributed by atoms with Crippen molar-refractivity contribution in [2.24, 2.45) is 5.92 Å². The van der Waals surface area contributed by atoms with Gasteiger partial charge in [0.25, 0.3) is 0 Å². The minimum absolute atomic E-state index is 0.0482. The van der Waals surface area contributed by atoms with Crippen molar-refractivity contribution in [2.75, 3.05) is 13.2 Å². The Hall–Kier alpha value is -0.330. The minimum Gasteiger partial charge on any atom is -0.392 e. The molecule has 1 unspecified atom stereocenters. The third kappa shape index (κ3) is 6.30. The van der Waals surface area contributed by atoms with E-state index >= 15 is 0 Å². The van der Waals surface area contributed by atoms with Crippen molar-refractivity contribution in [3.63, 3.8) is 0 Å². The number of alkyl halides is 3. The molecule has 1 saturated carbocycles. The smallest absolute Gasteiger partial charge is 0.392 e. The van der Waals surface area contributed by atoms with Gasteiger partial charge in [-0.2, -0.15) is 18.7 Å². The predicted octanol–water partition coefficient (Wildman–Crippen LogP) is 2.01. The van der Waals surface area contributed by atoms with E-state index in [1.165, 1.54) is 12.8 Å². The van der Waals surface area contributed by atoms with Crippen LogP contribution in [0.3, 0.4) is 0 Å². The molecule has 1 atom stereocenters. The summed E-state index contributed by atoms with van der Waals surface area (Å²) in [5.41, 5.74) is 2.15. The number of hydroxylamine groups is 1. The second kappa shape index (κ2) is 6.42. The van der Waals surface area contributed by atoms with Crippen LogP contribution in [-0.4, -0.2) is 30.5 Å². The molecule has 0 radical (unpaired) electrons. The van der Waals surface area contributed by atoms with Gasteiger partial charge in [-0.1, -0.05) is 25.7 Å². The quantitative estimate of drug-likeness (QED) is 0.552. The molecule has 1 aliphatic carbocycles. The topological polar surface area (TPSA) is 41.5 Å². The molecular formula is C10H18F3NO2. The molecule has 0 saturated heterocycles. The van der Waals surface area contributed by atoms with Crippen LogP contribution in [0.2, 0.25) is 0 Å². The highest BCUT2D eigenvalue weighted by Gasteiger charge is 2.27. The molecule has 0 aromatic carbocycles. The Labute approximate surface area is 92.9 Å². The number of rotatable bonds is 6. The monoisotopic (exact) mass is 241 g/mol. The molecule has 0 amide bonds. The Morgan fingerprint density at radius 3 is 2.50 bits per heavy atom. The summed E-state index contributed by atoms with van der Waals surface area (Å²) in [6.45, 7) is -1.28. The highest BCUT2D eigenvalue weighted by molar-refractivity contribution is 4.71. The summed E-state index contributed by atoms with van der Waals surface area (Å²) in [7, 11) is 0. The summed E-state index contributed by atoms with van der Waals surface area (Å²) in [4.78, 5) is 4.20. The van der Waals surface area contributed by atoms with Crippen LogP contribution in [0.5, 0.6) is 0 Å². The zero-order chi connectivity index (χ0) is 12.0. The van der Waals surface area contributed by atoms with E-state index in [4.69, 9.17) is 0 Å². The van der Waals surface area contributed by atoms with Gasteiger partial charge in [-0.05, 0) is 12.3 Å². The van der Waals surface area contributed by atoms with Gasteiger partial charge in [0.2, 0.25) is 0 Å². The lowest BCUT2D eigenvalue weighted by Crippen LogP contribution is -2.31. The summed E-state index contributed by atoms with van der Waals surface area (Å²) >= 11 is 0. The van der Waals surface area contributed by atoms with Crippen LogP contribution in [0.15, 0.2) is 0 Å². The highest BCUT2D eigenvalue weighted by Crippen LogP contribution is 2.28. The Balaban J connectivity index is 1.99. The molecule has 0 aliphatic heterocycles. The Kier molecular flexibility index (Phi) is 5.51. The SMILES string of the molecule is OC(CNOCC(F)(F)F)CC1CCCC1. The maximum Gasteiger partial charge on any atom is 0.413 e. The average Bonchev–Trinajstić information content (AvgIpc) is 2.63. The van der Waals surface area contributed by atoms with Gasteiger partial charge in [0, 0.05) is 6.54 Å². The maximum absolute atomic E-state index is 11.7. The van der Waals surface area contributed by atoms with E-state index < -0.39 is 18.9 Å². The lowest BCUT2D eigenvalue weighted by atomic mass is 10.0. The van der Waals surface area contributed by atoms with Crippen LogP contribution < -0.4 is 5.48 Å². The molecule has 1 aliphatic rings. The van der Waals surface area contributed by atoms with E-state index in [9.17, 15) is 18.3 Å². The van der Waals surface area contributed by atoms with Gasteiger partial charge in [-0.15, -0.1) is 0 Å². The van der Waals surface area contributed by atoms with Crippen molar-refractivity contribution in [3.05, 3.63) is 0 Å². The van der Waals surface area contributed by atoms with Gasteiger partial charge in [0.05, 0.1) is 6.10 Å². The van der Waals surface area contributed by atoms with E-state index in [1.54, 1.807) is 0 Å². The van der Waals surface area contributed by atoms with Crippen molar-refractivity contribution in [2.45, 2.75) is 44.4 Å². The molecule has 0 aromatic heterocycles. The third-order valence-electron chi connectivity index (χ3n) is 2.74. The lowest BCUT2D eigenvalue weighted by Gasteiger charge is -2.16. The number of hydrogen-bond donors (Lipinski definition) is 2. The largest absolute Gasteiger partial charge is 0.413 e. The molecule has 16 heavy (non-hydrogen) atoms. The Morgan fingerprint density at radius 2 is 1.94 bits per heavy atom. The van der Waals surface area contributed by atoms with Crippen molar-refractivity contribution in [1.29, 1.82) is 0 Å². The van der Waals surface area contributed by atoms with Crippen LogP contribution in [0, 0.1) is 5.92 Å². The number of nitrogens with one attached hydrogen (secondary N) is 1. The highest BCUT2D eigenvalue weighted by atomic mass is 19.4. The Morgan fingerprint density at radius 1 is 1.31 bits per heavy atom. The fraction of sp³-hybridized carbons (Fsp3) is 1.00. The lowest BCUT2D eigenvalue weighted by molar-refractivity contribution is -0.191. The van der Waals surface area contributed by atoms with E-state index in [1.807, 2.05) is 0 Å². The summed E-state index contributed by atoms with van der Waals surface area (Å²) in [6, 6.07) is 0.